The zero-order valence-corrected chi connectivity index (χ0v) is 11.8. The summed E-state index contributed by atoms with van der Waals surface area (Å²) in [6, 6.07) is 5.57. The van der Waals surface area contributed by atoms with Crippen molar-refractivity contribution in [3.05, 3.63) is 29.8 Å². The van der Waals surface area contributed by atoms with Crippen molar-refractivity contribution >= 4 is 5.78 Å². The topological polar surface area (TPSA) is 38.3 Å². The van der Waals surface area contributed by atoms with Crippen LogP contribution in [0.1, 0.15) is 36.5 Å². The lowest BCUT2D eigenvalue weighted by Gasteiger charge is -2.27. The Morgan fingerprint density at radius 2 is 2.10 bits per heavy atom. The highest BCUT2D eigenvalue weighted by Crippen LogP contribution is 2.38. The molecule has 1 atom stereocenters. The van der Waals surface area contributed by atoms with Gasteiger partial charge in [-0.05, 0) is 31.5 Å². The predicted molar refractivity (Wildman–Crippen MR) is 72.3 cm³/mol. The molecule has 2 rings (SSSR count). The third-order valence-corrected chi connectivity index (χ3v) is 3.81. The van der Waals surface area contributed by atoms with Gasteiger partial charge in [-0.15, -0.1) is 13.2 Å². The number of halogens is 3. The molecule has 6 heteroatoms. The lowest BCUT2D eigenvalue weighted by molar-refractivity contribution is -0.274. The van der Waals surface area contributed by atoms with Crippen LogP contribution >= 0.6 is 0 Å². The minimum atomic E-state index is -4.80. The van der Waals surface area contributed by atoms with Crippen LogP contribution in [0.25, 0.3) is 0 Å². The van der Waals surface area contributed by atoms with Crippen LogP contribution in [0.5, 0.6) is 5.75 Å². The molecule has 0 bridgehead atoms. The average molecular weight is 301 g/mol. The van der Waals surface area contributed by atoms with Gasteiger partial charge in [-0.2, -0.15) is 0 Å². The highest BCUT2D eigenvalue weighted by molar-refractivity contribution is 6.03. The average Bonchev–Trinajstić information content (AvgIpc) is 2.87. The monoisotopic (exact) mass is 301 g/mol. The number of nitrogens with one attached hydrogen (secondary N) is 1. The van der Waals surface area contributed by atoms with Crippen molar-refractivity contribution in [3.63, 3.8) is 0 Å². The summed E-state index contributed by atoms with van der Waals surface area (Å²) >= 11 is 0. The van der Waals surface area contributed by atoms with Crippen LogP contribution in [0.3, 0.4) is 0 Å². The first-order valence-corrected chi connectivity index (χ1v) is 6.98. The smallest absolute Gasteiger partial charge is 0.405 e. The number of carbonyl (C=O) groups is 1. The number of para-hydroxylation sites is 1. The number of carbonyl (C=O) groups excluding carboxylic acids is 1. The molecule has 21 heavy (non-hydrogen) atoms. The Labute approximate surface area is 121 Å². The summed E-state index contributed by atoms with van der Waals surface area (Å²) in [4.78, 5) is 12.8. The Balaban J connectivity index is 2.34. The molecule has 1 aliphatic rings. The fourth-order valence-electron chi connectivity index (χ4n) is 2.90. The van der Waals surface area contributed by atoms with Gasteiger partial charge < -0.3 is 10.1 Å². The summed E-state index contributed by atoms with van der Waals surface area (Å²) in [5, 5.41) is 3.13. The summed E-state index contributed by atoms with van der Waals surface area (Å²) in [7, 11) is 0. The lowest BCUT2D eigenvalue weighted by atomic mass is 9.76. The lowest BCUT2D eigenvalue weighted by Crippen LogP contribution is -2.34. The van der Waals surface area contributed by atoms with Crippen LogP contribution in [0.2, 0.25) is 0 Å². The minimum absolute atomic E-state index is 0.00646. The van der Waals surface area contributed by atoms with Crippen molar-refractivity contribution in [2.45, 2.75) is 32.5 Å². The zero-order valence-electron chi connectivity index (χ0n) is 11.8. The summed E-state index contributed by atoms with van der Waals surface area (Å²) in [5.74, 6) is -0.688. The van der Waals surface area contributed by atoms with E-state index in [0.717, 1.165) is 6.42 Å². The van der Waals surface area contributed by atoms with Gasteiger partial charge >= 0.3 is 6.36 Å². The first-order valence-electron chi connectivity index (χ1n) is 6.98. The van der Waals surface area contributed by atoms with Crippen molar-refractivity contribution < 1.29 is 22.7 Å². The molecule has 1 aliphatic heterocycles. The van der Waals surface area contributed by atoms with Crippen LogP contribution in [0.15, 0.2) is 24.3 Å². The normalized spacial score (nSPS) is 22.3. The number of rotatable bonds is 5. The van der Waals surface area contributed by atoms with Crippen LogP contribution in [0.4, 0.5) is 13.2 Å². The van der Waals surface area contributed by atoms with Gasteiger partial charge in [-0.1, -0.05) is 25.5 Å². The van der Waals surface area contributed by atoms with E-state index in [0.29, 0.717) is 25.9 Å². The molecule has 0 radical (unpaired) electrons. The van der Waals surface area contributed by atoms with E-state index in [1.807, 2.05) is 6.92 Å². The molecule has 1 fully saturated rings. The highest BCUT2D eigenvalue weighted by atomic mass is 19.4. The Kier molecular flexibility index (Phi) is 4.56. The second-order valence-corrected chi connectivity index (χ2v) is 5.33. The fraction of sp³-hybridized carbons (Fsp3) is 0.533. The van der Waals surface area contributed by atoms with Gasteiger partial charge in [0, 0.05) is 12.0 Å². The van der Waals surface area contributed by atoms with E-state index < -0.39 is 17.5 Å². The SMILES string of the molecule is CCCC1(C(=O)c2ccccc2OC(F)(F)F)CCNC1. The van der Waals surface area contributed by atoms with Crippen LogP contribution < -0.4 is 10.1 Å². The fourth-order valence-corrected chi connectivity index (χ4v) is 2.90. The molecular weight excluding hydrogens is 283 g/mol. The molecule has 1 heterocycles. The van der Waals surface area contributed by atoms with E-state index in [9.17, 15) is 18.0 Å². The zero-order chi connectivity index (χ0) is 15.5. The number of ether oxygens (including phenoxy) is 1. The van der Waals surface area contributed by atoms with E-state index >= 15 is 0 Å². The number of benzene rings is 1. The van der Waals surface area contributed by atoms with Gasteiger partial charge in [-0.25, -0.2) is 0 Å². The van der Waals surface area contributed by atoms with Gasteiger partial charge in [0.2, 0.25) is 0 Å². The number of Topliss-reactive ketones (excluding diaryl/α,β-unsaturated/α-hetero) is 1. The summed E-state index contributed by atoms with van der Waals surface area (Å²) in [6.45, 7) is 3.17. The van der Waals surface area contributed by atoms with Crippen LogP contribution in [-0.2, 0) is 0 Å². The van der Waals surface area contributed by atoms with Gasteiger partial charge in [0.05, 0.1) is 5.56 Å². The molecule has 3 nitrogen and oxygen atoms in total. The summed E-state index contributed by atoms with van der Waals surface area (Å²) in [6.07, 6.45) is -2.71. The molecule has 0 spiro atoms. The largest absolute Gasteiger partial charge is 0.573 e. The van der Waals surface area contributed by atoms with Gasteiger partial charge in [0.15, 0.2) is 5.78 Å². The van der Waals surface area contributed by atoms with Gasteiger partial charge in [0.1, 0.15) is 5.75 Å². The Hall–Kier alpha value is -1.56. The second-order valence-electron chi connectivity index (χ2n) is 5.33. The standard InChI is InChI=1S/C15H18F3NO2/c1-2-7-14(8-9-19-10-14)13(20)11-5-3-4-6-12(11)21-15(16,17)18/h3-6,19H,2,7-10H2,1H3. The van der Waals surface area contributed by atoms with E-state index in [-0.39, 0.29) is 11.3 Å². The van der Waals surface area contributed by atoms with Crippen molar-refractivity contribution in [3.8, 4) is 5.75 Å². The third kappa shape index (κ3) is 3.56. The number of hydrogen-bond acceptors (Lipinski definition) is 3. The van der Waals surface area contributed by atoms with Crippen molar-refractivity contribution in [1.29, 1.82) is 0 Å². The van der Waals surface area contributed by atoms with E-state index in [1.54, 1.807) is 6.07 Å². The molecule has 116 valence electrons. The quantitative estimate of drug-likeness (QED) is 0.845. The van der Waals surface area contributed by atoms with E-state index in [2.05, 4.69) is 10.1 Å². The maximum atomic E-state index is 12.8. The molecule has 0 saturated carbocycles. The van der Waals surface area contributed by atoms with Crippen molar-refractivity contribution in [2.75, 3.05) is 13.1 Å². The van der Waals surface area contributed by atoms with Gasteiger partial charge in [0.25, 0.3) is 0 Å². The number of alkyl halides is 3. The molecule has 0 aliphatic carbocycles. The van der Waals surface area contributed by atoms with Crippen LogP contribution in [-0.4, -0.2) is 25.2 Å². The summed E-state index contributed by atoms with van der Waals surface area (Å²) in [5.41, 5.74) is -0.619. The van der Waals surface area contributed by atoms with E-state index in [1.165, 1.54) is 18.2 Å². The molecule has 1 N–H and O–H groups in total. The molecule has 1 aromatic carbocycles. The molecule has 0 amide bonds. The molecule has 1 unspecified atom stereocenters. The molecule has 1 saturated heterocycles. The molecular formula is C15H18F3NO2. The predicted octanol–water partition coefficient (Wildman–Crippen LogP) is 3.55. The molecule has 1 aromatic rings. The minimum Gasteiger partial charge on any atom is -0.405 e. The highest BCUT2D eigenvalue weighted by Gasteiger charge is 2.42. The van der Waals surface area contributed by atoms with Gasteiger partial charge in [-0.3, -0.25) is 4.79 Å². The Bertz CT molecular complexity index is 508. The van der Waals surface area contributed by atoms with Crippen molar-refractivity contribution in [1.82, 2.24) is 5.32 Å². The first-order chi connectivity index (χ1) is 9.88. The van der Waals surface area contributed by atoms with Crippen LogP contribution in [0, 0.1) is 5.41 Å². The Morgan fingerprint density at radius 1 is 1.38 bits per heavy atom. The van der Waals surface area contributed by atoms with Crippen molar-refractivity contribution in [2.24, 2.45) is 5.41 Å². The first kappa shape index (κ1) is 15.8. The summed E-state index contributed by atoms with van der Waals surface area (Å²) < 4.78 is 41.4. The maximum Gasteiger partial charge on any atom is 0.573 e. The van der Waals surface area contributed by atoms with E-state index in [4.69, 9.17) is 0 Å². The Morgan fingerprint density at radius 3 is 2.67 bits per heavy atom. The molecule has 0 aromatic heterocycles. The second kappa shape index (κ2) is 6.05. The maximum absolute atomic E-state index is 12.8. The number of hydrogen-bond donors (Lipinski definition) is 1. The number of ketones is 1. The third-order valence-electron chi connectivity index (χ3n) is 3.81.